The van der Waals surface area contributed by atoms with Gasteiger partial charge in [0.2, 0.25) is 11.8 Å². The Balaban J connectivity index is 1.82. The van der Waals surface area contributed by atoms with Crippen molar-refractivity contribution in [2.75, 3.05) is 32.1 Å². The zero-order valence-corrected chi connectivity index (χ0v) is 13.5. The van der Waals surface area contributed by atoms with Crippen LogP contribution < -0.4 is 15.4 Å². The topological polar surface area (TPSA) is 72.5 Å². The van der Waals surface area contributed by atoms with Gasteiger partial charge in [-0.1, -0.05) is 11.6 Å². The van der Waals surface area contributed by atoms with Crippen LogP contribution in [0.2, 0.25) is 5.02 Å². The molecule has 0 fully saturated rings. The largest absolute Gasteiger partial charge is 0.439 e. The SMILES string of the molecule is COCCNCC(=O)Nc1ccc(Oc2ccc(Cl)cn2)cc1. The summed E-state index contributed by atoms with van der Waals surface area (Å²) in [6.45, 7) is 1.43. The predicted molar refractivity (Wildman–Crippen MR) is 89.1 cm³/mol. The van der Waals surface area contributed by atoms with Gasteiger partial charge in [-0.15, -0.1) is 0 Å². The number of hydrogen-bond acceptors (Lipinski definition) is 5. The molecule has 0 atom stereocenters. The van der Waals surface area contributed by atoms with Crippen LogP contribution in [-0.2, 0) is 9.53 Å². The molecular weight excluding hydrogens is 318 g/mol. The van der Waals surface area contributed by atoms with Gasteiger partial charge in [-0.3, -0.25) is 4.79 Å². The molecule has 6 nitrogen and oxygen atoms in total. The maximum Gasteiger partial charge on any atom is 0.238 e. The fourth-order valence-electron chi connectivity index (χ4n) is 1.73. The van der Waals surface area contributed by atoms with Crippen LogP contribution in [0, 0.1) is 0 Å². The number of nitrogens with one attached hydrogen (secondary N) is 2. The number of anilines is 1. The summed E-state index contributed by atoms with van der Waals surface area (Å²) in [7, 11) is 1.62. The summed E-state index contributed by atoms with van der Waals surface area (Å²) in [6.07, 6.45) is 1.52. The second-order valence-electron chi connectivity index (χ2n) is 4.66. The van der Waals surface area contributed by atoms with E-state index in [0.717, 1.165) is 0 Å². The lowest BCUT2D eigenvalue weighted by atomic mass is 10.3. The van der Waals surface area contributed by atoms with Gasteiger partial charge >= 0.3 is 0 Å². The van der Waals surface area contributed by atoms with Crippen molar-refractivity contribution in [1.29, 1.82) is 0 Å². The number of nitrogens with zero attached hydrogens (tertiary/aromatic N) is 1. The van der Waals surface area contributed by atoms with Gasteiger partial charge < -0.3 is 20.1 Å². The summed E-state index contributed by atoms with van der Waals surface area (Å²) < 4.78 is 10.5. The molecule has 0 bridgehead atoms. The average Bonchev–Trinajstić information content (AvgIpc) is 2.56. The first-order valence-corrected chi connectivity index (χ1v) is 7.44. The molecule has 0 saturated heterocycles. The molecule has 0 aliphatic heterocycles. The Morgan fingerprint density at radius 1 is 1.22 bits per heavy atom. The number of aromatic nitrogens is 1. The van der Waals surface area contributed by atoms with Gasteiger partial charge in [0, 0.05) is 31.6 Å². The van der Waals surface area contributed by atoms with E-state index >= 15 is 0 Å². The normalized spacial score (nSPS) is 10.3. The Kier molecular flexibility index (Phi) is 6.80. The van der Waals surface area contributed by atoms with E-state index < -0.39 is 0 Å². The monoisotopic (exact) mass is 335 g/mol. The lowest BCUT2D eigenvalue weighted by molar-refractivity contribution is -0.115. The third kappa shape index (κ3) is 6.23. The highest BCUT2D eigenvalue weighted by molar-refractivity contribution is 6.30. The van der Waals surface area contributed by atoms with Crippen molar-refractivity contribution >= 4 is 23.2 Å². The van der Waals surface area contributed by atoms with Crippen LogP contribution in [0.25, 0.3) is 0 Å². The van der Waals surface area contributed by atoms with Crippen LogP contribution in [-0.4, -0.2) is 37.7 Å². The second kappa shape index (κ2) is 9.09. The standard InChI is InChI=1S/C16H18ClN3O3/c1-22-9-8-18-11-15(21)20-13-3-5-14(6-4-13)23-16-7-2-12(17)10-19-16/h2-7,10,18H,8-9,11H2,1H3,(H,20,21). The third-order valence-electron chi connectivity index (χ3n) is 2.83. The molecule has 1 amide bonds. The van der Waals surface area contributed by atoms with Crippen molar-refractivity contribution in [3.05, 3.63) is 47.6 Å². The van der Waals surface area contributed by atoms with Crippen LogP contribution in [0.3, 0.4) is 0 Å². The maximum absolute atomic E-state index is 11.7. The van der Waals surface area contributed by atoms with Crippen molar-refractivity contribution in [2.45, 2.75) is 0 Å². The number of methoxy groups -OCH3 is 1. The molecule has 0 aliphatic rings. The Bertz CT molecular complexity index is 617. The summed E-state index contributed by atoms with van der Waals surface area (Å²) in [5.41, 5.74) is 0.694. The summed E-state index contributed by atoms with van der Waals surface area (Å²) in [5.74, 6) is 0.957. The van der Waals surface area contributed by atoms with E-state index in [1.807, 2.05) is 0 Å². The molecular formula is C16H18ClN3O3. The van der Waals surface area contributed by atoms with E-state index in [1.165, 1.54) is 6.20 Å². The second-order valence-corrected chi connectivity index (χ2v) is 5.10. The first-order chi connectivity index (χ1) is 11.2. The van der Waals surface area contributed by atoms with E-state index in [1.54, 1.807) is 43.5 Å². The molecule has 1 aromatic carbocycles. The van der Waals surface area contributed by atoms with Crippen LogP contribution in [0.4, 0.5) is 5.69 Å². The molecule has 0 radical (unpaired) electrons. The summed E-state index contributed by atoms with van der Waals surface area (Å²) >= 11 is 5.77. The summed E-state index contributed by atoms with van der Waals surface area (Å²) in [6, 6.07) is 10.4. The summed E-state index contributed by atoms with van der Waals surface area (Å²) in [4.78, 5) is 15.8. The van der Waals surface area contributed by atoms with E-state index in [4.69, 9.17) is 21.1 Å². The van der Waals surface area contributed by atoms with Gasteiger partial charge in [-0.05, 0) is 30.3 Å². The minimum atomic E-state index is -0.117. The van der Waals surface area contributed by atoms with Crippen LogP contribution in [0.15, 0.2) is 42.6 Å². The minimum absolute atomic E-state index is 0.117. The average molecular weight is 336 g/mol. The zero-order chi connectivity index (χ0) is 16.5. The Morgan fingerprint density at radius 2 is 2.00 bits per heavy atom. The molecule has 122 valence electrons. The molecule has 2 N–H and O–H groups in total. The fourth-order valence-corrected chi connectivity index (χ4v) is 1.84. The fraction of sp³-hybridized carbons (Fsp3) is 0.250. The third-order valence-corrected chi connectivity index (χ3v) is 3.05. The molecule has 1 aromatic heterocycles. The quantitative estimate of drug-likeness (QED) is 0.726. The van der Waals surface area contributed by atoms with Crippen molar-refractivity contribution < 1.29 is 14.3 Å². The lowest BCUT2D eigenvalue weighted by Gasteiger charge is -2.08. The van der Waals surface area contributed by atoms with Gasteiger partial charge in [0.15, 0.2) is 0 Å². The van der Waals surface area contributed by atoms with Gasteiger partial charge in [0.25, 0.3) is 0 Å². The Morgan fingerprint density at radius 3 is 2.65 bits per heavy atom. The van der Waals surface area contributed by atoms with Gasteiger partial charge in [-0.25, -0.2) is 4.98 Å². The highest BCUT2D eigenvalue weighted by atomic mass is 35.5. The van der Waals surface area contributed by atoms with E-state index in [2.05, 4.69) is 15.6 Å². The molecule has 2 rings (SSSR count). The predicted octanol–water partition coefficient (Wildman–Crippen LogP) is 2.70. The van der Waals surface area contributed by atoms with E-state index in [9.17, 15) is 4.79 Å². The number of carbonyl (C=O) groups is 1. The van der Waals surface area contributed by atoms with Crippen LogP contribution >= 0.6 is 11.6 Å². The van der Waals surface area contributed by atoms with Crippen molar-refractivity contribution in [1.82, 2.24) is 10.3 Å². The van der Waals surface area contributed by atoms with E-state index in [0.29, 0.717) is 35.5 Å². The number of halogens is 1. The first-order valence-electron chi connectivity index (χ1n) is 7.06. The van der Waals surface area contributed by atoms with Crippen LogP contribution in [0.5, 0.6) is 11.6 Å². The van der Waals surface area contributed by atoms with Crippen molar-refractivity contribution in [3.8, 4) is 11.6 Å². The maximum atomic E-state index is 11.7. The number of amides is 1. The number of rotatable bonds is 8. The molecule has 0 saturated carbocycles. The molecule has 1 heterocycles. The first kappa shape index (κ1) is 17.2. The van der Waals surface area contributed by atoms with Crippen molar-refractivity contribution in [2.24, 2.45) is 0 Å². The van der Waals surface area contributed by atoms with E-state index in [-0.39, 0.29) is 12.5 Å². The smallest absolute Gasteiger partial charge is 0.238 e. The number of hydrogen-bond donors (Lipinski definition) is 2. The molecule has 23 heavy (non-hydrogen) atoms. The molecule has 0 aliphatic carbocycles. The van der Waals surface area contributed by atoms with Gasteiger partial charge in [0.05, 0.1) is 18.2 Å². The molecule has 7 heteroatoms. The molecule has 0 unspecified atom stereocenters. The van der Waals surface area contributed by atoms with Gasteiger partial charge in [-0.2, -0.15) is 0 Å². The highest BCUT2D eigenvalue weighted by Crippen LogP contribution is 2.22. The Labute approximate surface area is 139 Å². The minimum Gasteiger partial charge on any atom is -0.439 e. The zero-order valence-electron chi connectivity index (χ0n) is 12.7. The molecule has 2 aromatic rings. The lowest BCUT2D eigenvalue weighted by Crippen LogP contribution is -2.30. The molecule has 0 spiro atoms. The van der Waals surface area contributed by atoms with Crippen molar-refractivity contribution in [3.63, 3.8) is 0 Å². The summed E-state index contributed by atoms with van der Waals surface area (Å²) in [5, 5.41) is 6.31. The highest BCUT2D eigenvalue weighted by Gasteiger charge is 2.03. The number of benzene rings is 1. The number of pyridine rings is 1. The van der Waals surface area contributed by atoms with Crippen LogP contribution in [0.1, 0.15) is 0 Å². The number of carbonyl (C=O) groups excluding carboxylic acids is 1. The number of ether oxygens (including phenoxy) is 2. The van der Waals surface area contributed by atoms with Gasteiger partial charge in [0.1, 0.15) is 5.75 Å². The Hall–Kier alpha value is -2.15.